The fourth-order valence-corrected chi connectivity index (χ4v) is 3.13. The van der Waals surface area contributed by atoms with Crippen molar-refractivity contribution in [2.75, 3.05) is 28.6 Å². The molecule has 3 aromatic rings. The number of benzene rings is 1. The van der Waals surface area contributed by atoms with Crippen LogP contribution in [0.3, 0.4) is 0 Å². The van der Waals surface area contributed by atoms with Gasteiger partial charge in [0.05, 0.1) is 0 Å². The van der Waals surface area contributed by atoms with Crippen LogP contribution in [0, 0.1) is 6.92 Å². The van der Waals surface area contributed by atoms with E-state index in [0.29, 0.717) is 23.0 Å². The van der Waals surface area contributed by atoms with E-state index in [-0.39, 0.29) is 5.91 Å². The van der Waals surface area contributed by atoms with Crippen LogP contribution in [-0.2, 0) is 0 Å². The van der Waals surface area contributed by atoms with Gasteiger partial charge in [-0.15, -0.1) is 0 Å². The van der Waals surface area contributed by atoms with Gasteiger partial charge in [-0.2, -0.15) is 0 Å². The molecule has 0 atom stereocenters. The van der Waals surface area contributed by atoms with Crippen LogP contribution in [-0.4, -0.2) is 29.1 Å². The van der Waals surface area contributed by atoms with Crippen molar-refractivity contribution in [1.82, 2.24) is 10.1 Å². The number of nitrogens with zero attached hydrogens (tertiary/aromatic N) is 3. The molecule has 0 aliphatic carbocycles. The van der Waals surface area contributed by atoms with E-state index in [0.717, 1.165) is 18.8 Å². The third-order valence-corrected chi connectivity index (χ3v) is 4.49. The highest BCUT2D eigenvalue weighted by molar-refractivity contribution is 6.03. The normalized spacial score (nSPS) is 13.6. The zero-order valence-corrected chi connectivity index (χ0v) is 15.1. The van der Waals surface area contributed by atoms with E-state index in [2.05, 4.69) is 25.7 Å². The average molecular weight is 363 g/mol. The highest BCUT2D eigenvalue weighted by atomic mass is 16.5. The Bertz CT molecular complexity index is 930. The van der Waals surface area contributed by atoms with Gasteiger partial charge in [0.15, 0.2) is 5.82 Å². The van der Waals surface area contributed by atoms with Crippen LogP contribution in [0.1, 0.15) is 29.1 Å². The lowest BCUT2D eigenvalue weighted by Gasteiger charge is -2.17. The van der Waals surface area contributed by atoms with Crippen molar-refractivity contribution in [3.05, 3.63) is 60.1 Å². The summed E-state index contributed by atoms with van der Waals surface area (Å²) in [5.74, 6) is 1.04. The monoisotopic (exact) mass is 363 g/mol. The number of hydrogen-bond acceptors (Lipinski definition) is 6. The van der Waals surface area contributed by atoms with Gasteiger partial charge in [0, 0.05) is 42.4 Å². The van der Waals surface area contributed by atoms with Crippen molar-refractivity contribution in [2.24, 2.45) is 0 Å². The smallest absolute Gasteiger partial charge is 0.274 e. The van der Waals surface area contributed by atoms with Crippen LogP contribution >= 0.6 is 0 Å². The second-order valence-electron chi connectivity index (χ2n) is 6.57. The molecule has 1 fully saturated rings. The van der Waals surface area contributed by atoms with Crippen molar-refractivity contribution in [3.63, 3.8) is 0 Å². The molecule has 1 saturated heterocycles. The first-order chi connectivity index (χ1) is 13.2. The second kappa shape index (κ2) is 7.49. The van der Waals surface area contributed by atoms with E-state index in [1.807, 2.05) is 31.2 Å². The van der Waals surface area contributed by atoms with E-state index in [1.54, 1.807) is 24.4 Å². The van der Waals surface area contributed by atoms with Crippen LogP contribution in [0.25, 0.3) is 0 Å². The second-order valence-corrected chi connectivity index (χ2v) is 6.57. The number of amides is 1. The predicted octanol–water partition coefficient (Wildman–Crippen LogP) is 3.97. The van der Waals surface area contributed by atoms with Gasteiger partial charge in [-0.3, -0.25) is 9.78 Å². The highest BCUT2D eigenvalue weighted by Crippen LogP contribution is 2.22. The topological polar surface area (TPSA) is 83.3 Å². The maximum absolute atomic E-state index is 12.5. The quantitative estimate of drug-likeness (QED) is 0.713. The number of anilines is 4. The Morgan fingerprint density at radius 3 is 2.56 bits per heavy atom. The van der Waals surface area contributed by atoms with E-state index >= 15 is 0 Å². The van der Waals surface area contributed by atoms with Gasteiger partial charge in [0.25, 0.3) is 5.91 Å². The Kier molecular flexibility index (Phi) is 4.74. The molecule has 0 radical (unpaired) electrons. The predicted molar refractivity (Wildman–Crippen MR) is 105 cm³/mol. The summed E-state index contributed by atoms with van der Waals surface area (Å²) in [6.07, 6.45) is 4.06. The third-order valence-electron chi connectivity index (χ3n) is 4.49. The number of rotatable bonds is 5. The first-order valence-electron chi connectivity index (χ1n) is 9.00. The molecule has 0 bridgehead atoms. The van der Waals surface area contributed by atoms with Gasteiger partial charge in [-0.05, 0) is 56.2 Å². The first-order valence-corrected chi connectivity index (χ1v) is 9.00. The molecule has 3 heterocycles. The molecule has 1 aliphatic heterocycles. The summed E-state index contributed by atoms with van der Waals surface area (Å²) in [6, 6.07) is 13.2. The maximum Gasteiger partial charge on any atom is 0.274 e. The van der Waals surface area contributed by atoms with E-state index in [9.17, 15) is 4.79 Å². The Hall–Kier alpha value is -3.35. The van der Waals surface area contributed by atoms with Gasteiger partial charge in [-0.25, -0.2) is 0 Å². The lowest BCUT2D eigenvalue weighted by molar-refractivity contribution is 0.102. The molecular formula is C20H21N5O2. The van der Waals surface area contributed by atoms with E-state index in [4.69, 9.17) is 4.52 Å². The van der Waals surface area contributed by atoms with Crippen molar-refractivity contribution >= 4 is 28.8 Å². The average Bonchev–Trinajstić information content (AvgIpc) is 3.35. The lowest BCUT2D eigenvalue weighted by atomic mass is 10.2. The molecule has 2 aromatic heterocycles. The Labute approximate surface area is 157 Å². The number of nitrogens with one attached hydrogen (secondary N) is 2. The van der Waals surface area contributed by atoms with Crippen molar-refractivity contribution in [3.8, 4) is 0 Å². The summed E-state index contributed by atoms with van der Waals surface area (Å²) in [5.41, 5.74) is 2.98. The highest BCUT2D eigenvalue weighted by Gasteiger charge is 2.13. The summed E-state index contributed by atoms with van der Waals surface area (Å²) < 4.78 is 5.03. The summed E-state index contributed by atoms with van der Waals surface area (Å²) >= 11 is 0. The SMILES string of the molecule is Cc1cc(Nc2ccnc(C(=O)Nc3ccc(N4CCCC4)cc3)c2)no1. The molecule has 27 heavy (non-hydrogen) atoms. The molecule has 0 unspecified atom stereocenters. The summed E-state index contributed by atoms with van der Waals surface area (Å²) in [7, 11) is 0. The molecule has 1 aromatic carbocycles. The Morgan fingerprint density at radius 2 is 1.85 bits per heavy atom. The standard InChI is InChI=1S/C20H21N5O2/c1-14-12-19(24-27-14)22-16-8-9-21-18(13-16)20(26)23-15-4-6-17(7-5-15)25-10-2-3-11-25/h4-9,12-13H,2-3,10-11H2,1H3,(H,23,26)(H,21,22,24). The largest absolute Gasteiger partial charge is 0.372 e. The van der Waals surface area contributed by atoms with Crippen LogP contribution in [0.4, 0.5) is 22.9 Å². The third kappa shape index (κ3) is 4.08. The molecule has 7 nitrogen and oxygen atoms in total. The maximum atomic E-state index is 12.5. The number of aryl methyl sites for hydroxylation is 1. The fraction of sp³-hybridized carbons (Fsp3) is 0.250. The Morgan fingerprint density at radius 1 is 1.07 bits per heavy atom. The number of carbonyl (C=O) groups excluding carboxylic acids is 1. The number of carbonyl (C=O) groups is 1. The minimum atomic E-state index is -0.260. The molecule has 4 rings (SSSR count). The van der Waals surface area contributed by atoms with Crippen LogP contribution in [0.2, 0.25) is 0 Å². The summed E-state index contributed by atoms with van der Waals surface area (Å²) in [5, 5.41) is 9.86. The van der Waals surface area contributed by atoms with E-state index in [1.165, 1.54) is 18.5 Å². The van der Waals surface area contributed by atoms with Crippen molar-refractivity contribution in [2.45, 2.75) is 19.8 Å². The molecule has 1 aliphatic rings. The molecule has 7 heteroatoms. The minimum absolute atomic E-state index is 0.260. The minimum Gasteiger partial charge on any atom is -0.372 e. The van der Waals surface area contributed by atoms with Crippen LogP contribution in [0.5, 0.6) is 0 Å². The van der Waals surface area contributed by atoms with Gasteiger partial charge in [0.1, 0.15) is 11.5 Å². The molecular weight excluding hydrogens is 342 g/mol. The molecule has 2 N–H and O–H groups in total. The van der Waals surface area contributed by atoms with Crippen molar-refractivity contribution in [1.29, 1.82) is 0 Å². The molecule has 0 saturated carbocycles. The fourth-order valence-electron chi connectivity index (χ4n) is 3.13. The zero-order chi connectivity index (χ0) is 18.6. The van der Waals surface area contributed by atoms with Gasteiger partial charge < -0.3 is 20.1 Å². The molecule has 1 amide bonds. The van der Waals surface area contributed by atoms with Crippen molar-refractivity contribution < 1.29 is 9.32 Å². The summed E-state index contributed by atoms with van der Waals surface area (Å²) in [4.78, 5) is 19.0. The van der Waals surface area contributed by atoms with Gasteiger partial charge in [-0.1, -0.05) is 5.16 Å². The zero-order valence-electron chi connectivity index (χ0n) is 15.1. The van der Waals surface area contributed by atoms with Crippen LogP contribution in [0.15, 0.2) is 53.2 Å². The number of aromatic nitrogens is 2. The van der Waals surface area contributed by atoms with Gasteiger partial charge >= 0.3 is 0 Å². The number of pyridine rings is 1. The summed E-state index contributed by atoms with van der Waals surface area (Å²) in [6.45, 7) is 4.01. The van der Waals surface area contributed by atoms with Crippen LogP contribution < -0.4 is 15.5 Å². The van der Waals surface area contributed by atoms with E-state index < -0.39 is 0 Å². The Balaban J connectivity index is 1.42. The lowest BCUT2D eigenvalue weighted by Crippen LogP contribution is -2.17. The molecule has 138 valence electrons. The molecule has 0 spiro atoms. The number of hydrogen-bond donors (Lipinski definition) is 2. The van der Waals surface area contributed by atoms with Gasteiger partial charge in [0.2, 0.25) is 0 Å². The first kappa shape index (κ1) is 17.1.